The number of benzene rings is 1. The first kappa shape index (κ1) is 20.2. The second kappa shape index (κ2) is 8.20. The Kier molecular flexibility index (Phi) is 5.91. The summed E-state index contributed by atoms with van der Waals surface area (Å²) in [5, 5.41) is 0. The average Bonchev–Trinajstić information content (AvgIpc) is 3.21. The van der Waals surface area contributed by atoms with Gasteiger partial charge >= 0.3 is 12.2 Å². The lowest BCUT2D eigenvalue weighted by molar-refractivity contribution is -0.130. The smallest absolute Gasteiger partial charge is 0.416 e. The Labute approximate surface area is 165 Å². The first-order chi connectivity index (χ1) is 13.2. The van der Waals surface area contributed by atoms with Gasteiger partial charge in [0.15, 0.2) is 0 Å². The number of hydrogen-bond donors (Lipinski definition) is 0. The van der Waals surface area contributed by atoms with Crippen molar-refractivity contribution in [3.63, 3.8) is 0 Å². The number of imide groups is 1. The van der Waals surface area contributed by atoms with Crippen molar-refractivity contribution in [2.75, 3.05) is 19.7 Å². The summed E-state index contributed by atoms with van der Waals surface area (Å²) in [6.07, 6.45) is 0.585. The molecular weight excluding hydrogens is 360 g/mol. The van der Waals surface area contributed by atoms with Gasteiger partial charge in [-0.3, -0.25) is 4.79 Å². The molecule has 0 bridgehead atoms. The SMILES string of the molecule is CC(C)(C)OC(=O)N1CC[C@H](CC(=O)N2C(=O)OC[C@H]2Cc2ccccc2)C1. The second-order valence-electron chi connectivity index (χ2n) is 8.47. The highest BCUT2D eigenvalue weighted by Crippen LogP contribution is 2.25. The van der Waals surface area contributed by atoms with Crippen molar-refractivity contribution in [2.45, 2.75) is 51.7 Å². The summed E-state index contributed by atoms with van der Waals surface area (Å²) < 4.78 is 10.5. The fraction of sp³-hybridized carbons (Fsp3) is 0.571. The molecule has 7 nitrogen and oxygen atoms in total. The molecule has 0 spiro atoms. The maximum absolute atomic E-state index is 12.8. The molecule has 28 heavy (non-hydrogen) atoms. The van der Waals surface area contributed by atoms with Crippen molar-refractivity contribution in [1.29, 1.82) is 0 Å². The summed E-state index contributed by atoms with van der Waals surface area (Å²) in [6.45, 7) is 6.72. The van der Waals surface area contributed by atoms with E-state index < -0.39 is 11.7 Å². The van der Waals surface area contributed by atoms with Crippen LogP contribution < -0.4 is 0 Å². The van der Waals surface area contributed by atoms with Gasteiger partial charge in [0.05, 0.1) is 6.04 Å². The predicted molar refractivity (Wildman–Crippen MR) is 103 cm³/mol. The van der Waals surface area contributed by atoms with E-state index in [0.29, 0.717) is 19.5 Å². The van der Waals surface area contributed by atoms with Crippen molar-refractivity contribution >= 4 is 18.1 Å². The van der Waals surface area contributed by atoms with Crippen LogP contribution in [0.15, 0.2) is 30.3 Å². The van der Waals surface area contributed by atoms with E-state index in [1.165, 1.54) is 4.90 Å². The molecule has 0 N–H and O–H groups in total. The van der Waals surface area contributed by atoms with Gasteiger partial charge in [0.1, 0.15) is 12.2 Å². The number of ether oxygens (including phenoxy) is 2. The van der Waals surface area contributed by atoms with E-state index in [9.17, 15) is 14.4 Å². The molecule has 3 rings (SSSR count). The van der Waals surface area contributed by atoms with E-state index in [1.54, 1.807) is 4.90 Å². The zero-order chi connectivity index (χ0) is 20.3. The average molecular weight is 388 g/mol. The van der Waals surface area contributed by atoms with Gasteiger partial charge in [0, 0.05) is 19.5 Å². The fourth-order valence-corrected chi connectivity index (χ4v) is 3.64. The molecule has 1 aromatic rings. The third kappa shape index (κ3) is 5.03. The zero-order valence-corrected chi connectivity index (χ0v) is 16.7. The minimum Gasteiger partial charge on any atom is -0.447 e. The maximum Gasteiger partial charge on any atom is 0.416 e. The van der Waals surface area contributed by atoms with Gasteiger partial charge in [-0.25, -0.2) is 14.5 Å². The summed E-state index contributed by atoms with van der Waals surface area (Å²) in [5.41, 5.74) is 0.509. The summed E-state index contributed by atoms with van der Waals surface area (Å²) in [7, 11) is 0. The highest BCUT2D eigenvalue weighted by Gasteiger charge is 2.39. The quantitative estimate of drug-likeness (QED) is 0.792. The van der Waals surface area contributed by atoms with Crippen LogP contribution in [0.4, 0.5) is 9.59 Å². The summed E-state index contributed by atoms with van der Waals surface area (Å²) in [5.74, 6) is -0.217. The predicted octanol–water partition coefficient (Wildman–Crippen LogP) is 3.22. The molecule has 0 unspecified atom stereocenters. The normalized spacial score (nSPS) is 22.3. The third-order valence-electron chi connectivity index (χ3n) is 4.94. The Balaban J connectivity index is 1.56. The Morgan fingerprint density at radius 2 is 1.93 bits per heavy atom. The maximum atomic E-state index is 12.8. The molecule has 7 heteroatoms. The molecule has 0 saturated carbocycles. The Bertz CT molecular complexity index is 728. The lowest BCUT2D eigenvalue weighted by atomic mass is 10.0. The summed E-state index contributed by atoms with van der Waals surface area (Å²) in [6, 6.07) is 9.46. The van der Waals surface area contributed by atoms with Gasteiger partial charge in [0.2, 0.25) is 5.91 Å². The van der Waals surface area contributed by atoms with Gasteiger partial charge in [-0.15, -0.1) is 0 Å². The van der Waals surface area contributed by atoms with Crippen molar-refractivity contribution in [3.05, 3.63) is 35.9 Å². The molecule has 0 aromatic heterocycles. The molecule has 1 aromatic carbocycles. The first-order valence-electron chi connectivity index (χ1n) is 9.73. The van der Waals surface area contributed by atoms with Crippen LogP contribution in [0.1, 0.15) is 39.2 Å². The molecule has 2 fully saturated rings. The lowest BCUT2D eigenvalue weighted by Crippen LogP contribution is -2.41. The number of carbonyl (C=O) groups excluding carboxylic acids is 3. The minimum absolute atomic E-state index is 0.0193. The van der Waals surface area contributed by atoms with Gasteiger partial charge < -0.3 is 14.4 Å². The fourth-order valence-electron chi connectivity index (χ4n) is 3.64. The largest absolute Gasteiger partial charge is 0.447 e. The third-order valence-corrected chi connectivity index (χ3v) is 4.94. The highest BCUT2D eigenvalue weighted by atomic mass is 16.6. The van der Waals surface area contributed by atoms with Gasteiger partial charge in [-0.05, 0) is 45.1 Å². The van der Waals surface area contributed by atoms with Crippen LogP contribution in [-0.2, 0) is 20.7 Å². The number of nitrogens with zero attached hydrogens (tertiary/aromatic N) is 2. The Morgan fingerprint density at radius 3 is 2.61 bits per heavy atom. The Hall–Kier alpha value is -2.57. The number of rotatable bonds is 4. The van der Waals surface area contributed by atoms with Crippen LogP contribution in [0.3, 0.4) is 0 Å². The van der Waals surface area contributed by atoms with Crippen LogP contribution in [0.25, 0.3) is 0 Å². The minimum atomic E-state index is -0.576. The molecule has 3 amide bonds. The van der Waals surface area contributed by atoms with E-state index in [2.05, 4.69) is 0 Å². The first-order valence-corrected chi connectivity index (χ1v) is 9.73. The molecule has 2 aliphatic rings. The lowest BCUT2D eigenvalue weighted by Gasteiger charge is -2.24. The topological polar surface area (TPSA) is 76.2 Å². The molecule has 2 saturated heterocycles. The van der Waals surface area contributed by atoms with Crippen LogP contribution in [0, 0.1) is 5.92 Å². The molecule has 2 atom stereocenters. The number of cyclic esters (lactones) is 1. The number of carbonyl (C=O) groups is 3. The van der Waals surface area contributed by atoms with E-state index in [-0.39, 0.29) is 37.0 Å². The van der Waals surface area contributed by atoms with Crippen molar-refractivity contribution in [1.82, 2.24) is 9.80 Å². The Morgan fingerprint density at radius 1 is 1.21 bits per heavy atom. The molecular formula is C21H28N2O5. The summed E-state index contributed by atoms with van der Waals surface area (Å²) in [4.78, 5) is 40.0. The highest BCUT2D eigenvalue weighted by molar-refractivity contribution is 5.93. The number of hydrogen-bond acceptors (Lipinski definition) is 5. The molecule has 0 aliphatic carbocycles. The monoisotopic (exact) mass is 388 g/mol. The van der Waals surface area contributed by atoms with Crippen molar-refractivity contribution in [3.8, 4) is 0 Å². The zero-order valence-electron chi connectivity index (χ0n) is 16.7. The van der Waals surface area contributed by atoms with Crippen molar-refractivity contribution in [2.24, 2.45) is 5.92 Å². The van der Waals surface area contributed by atoms with Crippen LogP contribution in [-0.4, -0.2) is 59.2 Å². The summed E-state index contributed by atoms with van der Waals surface area (Å²) >= 11 is 0. The van der Waals surface area contributed by atoms with E-state index in [0.717, 1.165) is 12.0 Å². The van der Waals surface area contributed by atoms with E-state index in [1.807, 2.05) is 51.1 Å². The molecule has 2 heterocycles. The van der Waals surface area contributed by atoms with E-state index in [4.69, 9.17) is 9.47 Å². The molecule has 152 valence electrons. The van der Waals surface area contributed by atoms with Crippen LogP contribution in [0.5, 0.6) is 0 Å². The molecule has 0 radical (unpaired) electrons. The van der Waals surface area contributed by atoms with E-state index >= 15 is 0 Å². The van der Waals surface area contributed by atoms with Gasteiger partial charge in [0.25, 0.3) is 0 Å². The van der Waals surface area contributed by atoms with Crippen LogP contribution in [0.2, 0.25) is 0 Å². The second-order valence-corrected chi connectivity index (χ2v) is 8.47. The van der Waals surface area contributed by atoms with Gasteiger partial charge in [-0.2, -0.15) is 0 Å². The van der Waals surface area contributed by atoms with Crippen LogP contribution >= 0.6 is 0 Å². The van der Waals surface area contributed by atoms with Gasteiger partial charge in [-0.1, -0.05) is 30.3 Å². The molecule has 2 aliphatic heterocycles. The number of likely N-dealkylation sites (tertiary alicyclic amines) is 1. The van der Waals surface area contributed by atoms with Crippen molar-refractivity contribution < 1.29 is 23.9 Å². The number of amides is 3. The standard InChI is InChI=1S/C21H28N2O5/c1-21(2,3)28-19(25)22-10-9-16(13-22)12-18(24)23-17(14-27-20(23)26)11-15-7-5-4-6-8-15/h4-8,16-17H,9-14H2,1-3H3/t16-,17-/m1/s1.